The Bertz CT molecular complexity index is 1060. The summed E-state index contributed by atoms with van der Waals surface area (Å²) in [6.07, 6.45) is 6.33. The molecule has 1 aliphatic rings. The first kappa shape index (κ1) is 22.6. The molecular weight excluding hydrogens is 405 g/mol. The number of hydrogen-bond donors (Lipinski definition) is 0. The summed E-state index contributed by atoms with van der Waals surface area (Å²) in [5.74, 6) is -0.932. The number of halogens is 3. The van der Waals surface area contributed by atoms with Crippen molar-refractivity contribution in [1.29, 1.82) is 0 Å². The van der Waals surface area contributed by atoms with Crippen LogP contribution in [0.4, 0.5) is 13.2 Å². The molecule has 0 atom stereocenters. The monoisotopic (exact) mass is 436 g/mol. The fourth-order valence-electron chi connectivity index (χ4n) is 5.00. The molecule has 0 nitrogen and oxygen atoms in total. The Morgan fingerprint density at radius 1 is 0.812 bits per heavy atom. The van der Waals surface area contributed by atoms with Gasteiger partial charge in [0.1, 0.15) is 5.82 Å². The molecule has 1 saturated carbocycles. The highest BCUT2D eigenvalue weighted by Crippen LogP contribution is 2.40. The van der Waals surface area contributed by atoms with Gasteiger partial charge >= 0.3 is 0 Å². The zero-order chi connectivity index (χ0) is 22.7. The van der Waals surface area contributed by atoms with Crippen LogP contribution in [0.15, 0.2) is 54.6 Å². The molecule has 0 bridgehead atoms. The SMILES string of the molecule is CCc1ccc(CCC2CCC(c3ccc(-c4ccc(C)cc4)c(F)c3F)CC2)cc1F. The van der Waals surface area contributed by atoms with Crippen LogP contribution in [0.1, 0.15) is 67.2 Å². The summed E-state index contributed by atoms with van der Waals surface area (Å²) >= 11 is 0. The van der Waals surface area contributed by atoms with Gasteiger partial charge in [-0.05, 0) is 92.0 Å². The highest BCUT2D eigenvalue weighted by Gasteiger charge is 2.26. The second-order valence-corrected chi connectivity index (χ2v) is 9.23. The third-order valence-electron chi connectivity index (χ3n) is 7.10. The fourth-order valence-corrected chi connectivity index (χ4v) is 5.00. The predicted octanol–water partition coefficient (Wildman–Crippen LogP) is 8.55. The molecule has 1 aliphatic carbocycles. The first-order valence-electron chi connectivity index (χ1n) is 11.8. The number of rotatable bonds is 6. The van der Waals surface area contributed by atoms with Crippen molar-refractivity contribution in [3.8, 4) is 11.1 Å². The van der Waals surface area contributed by atoms with Crippen molar-refractivity contribution in [2.45, 2.75) is 64.7 Å². The van der Waals surface area contributed by atoms with Crippen molar-refractivity contribution < 1.29 is 13.2 Å². The first-order valence-corrected chi connectivity index (χ1v) is 11.8. The van der Waals surface area contributed by atoms with E-state index >= 15 is 0 Å². The lowest BCUT2D eigenvalue weighted by Gasteiger charge is -2.29. The molecule has 4 rings (SSSR count). The second-order valence-electron chi connectivity index (χ2n) is 9.23. The largest absolute Gasteiger partial charge is 0.207 e. The van der Waals surface area contributed by atoms with Gasteiger partial charge in [-0.25, -0.2) is 13.2 Å². The van der Waals surface area contributed by atoms with E-state index in [1.165, 1.54) is 0 Å². The molecule has 3 heteroatoms. The van der Waals surface area contributed by atoms with Gasteiger partial charge in [-0.3, -0.25) is 0 Å². The molecule has 0 spiro atoms. The van der Waals surface area contributed by atoms with Crippen LogP contribution in [0.5, 0.6) is 0 Å². The van der Waals surface area contributed by atoms with Crippen molar-refractivity contribution in [2.24, 2.45) is 5.92 Å². The first-order chi connectivity index (χ1) is 15.5. The maximum Gasteiger partial charge on any atom is 0.166 e. The van der Waals surface area contributed by atoms with Crippen LogP contribution in [0.25, 0.3) is 11.1 Å². The summed E-state index contributed by atoms with van der Waals surface area (Å²) in [6, 6.07) is 16.6. The van der Waals surface area contributed by atoms with E-state index in [1.54, 1.807) is 18.2 Å². The van der Waals surface area contributed by atoms with Crippen LogP contribution in [0, 0.1) is 30.3 Å². The van der Waals surface area contributed by atoms with Crippen LogP contribution in [0.3, 0.4) is 0 Å². The van der Waals surface area contributed by atoms with Gasteiger partial charge < -0.3 is 0 Å². The van der Waals surface area contributed by atoms with E-state index in [-0.39, 0.29) is 11.7 Å². The van der Waals surface area contributed by atoms with Crippen molar-refractivity contribution in [3.63, 3.8) is 0 Å². The summed E-state index contributed by atoms with van der Waals surface area (Å²) in [5.41, 5.74) is 4.42. The van der Waals surface area contributed by atoms with Crippen LogP contribution in [0.2, 0.25) is 0 Å². The van der Waals surface area contributed by atoms with Gasteiger partial charge in [0, 0.05) is 5.56 Å². The van der Waals surface area contributed by atoms with E-state index in [0.717, 1.165) is 55.2 Å². The lowest BCUT2D eigenvalue weighted by molar-refractivity contribution is 0.305. The minimum absolute atomic E-state index is 0.0640. The third-order valence-corrected chi connectivity index (χ3v) is 7.10. The summed E-state index contributed by atoms with van der Waals surface area (Å²) in [4.78, 5) is 0. The van der Waals surface area contributed by atoms with E-state index in [0.29, 0.717) is 29.0 Å². The van der Waals surface area contributed by atoms with Gasteiger partial charge in [-0.15, -0.1) is 0 Å². The van der Waals surface area contributed by atoms with Gasteiger partial charge in [0.25, 0.3) is 0 Å². The molecule has 3 aromatic carbocycles. The fraction of sp³-hybridized carbons (Fsp3) is 0.379. The Hall–Kier alpha value is -2.55. The number of benzene rings is 3. The lowest BCUT2D eigenvalue weighted by Crippen LogP contribution is -2.15. The minimum atomic E-state index is -0.744. The summed E-state index contributed by atoms with van der Waals surface area (Å²) < 4.78 is 43.9. The summed E-state index contributed by atoms with van der Waals surface area (Å²) in [7, 11) is 0. The van der Waals surface area contributed by atoms with Crippen LogP contribution in [-0.2, 0) is 12.8 Å². The molecule has 0 N–H and O–H groups in total. The molecule has 0 unspecified atom stereocenters. The molecule has 32 heavy (non-hydrogen) atoms. The molecular formula is C29H31F3. The maximum atomic E-state index is 15.0. The maximum absolute atomic E-state index is 15.0. The van der Waals surface area contributed by atoms with Gasteiger partial charge in [0.15, 0.2) is 11.6 Å². The van der Waals surface area contributed by atoms with Crippen LogP contribution in [-0.4, -0.2) is 0 Å². The van der Waals surface area contributed by atoms with E-state index < -0.39 is 11.6 Å². The van der Waals surface area contributed by atoms with Crippen LogP contribution < -0.4 is 0 Å². The molecule has 3 aromatic rings. The summed E-state index contributed by atoms with van der Waals surface area (Å²) in [6.45, 7) is 3.93. The molecule has 168 valence electrons. The molecule has 1 fully saturated rings. The van der Waals surface area contributed by atoms with E-state index in [2.05, 4.69) is 0 Å². The number of aryl methyl sites for hydroxylation is 3. The Labute approximate surface area is 189 Å². The van der Waals surface area contributed by atoms with Gasteiger partial charge in [0.2, 0.25) is 0 Å². The van der Waals surface area contributed by atoms with E-state index in [1.807, 2.05) is 50.2 Å². The third kappa shape index (κ3) is 4.92. The Morgan fingerprint density at radius 3 is 2.19 bits per heavy atom. The van der Waals surface area contributed by atoms with Crippen molar-refractivity contribution >= 4 is 0 Å². The van der Waals surface area contributed by atoms with Gasteiger partial charge in [0.05, 0.1) is 0 Å². The normalized spacial score (nSPS) is 18.7. The molecule has 0 heterocycles. The molecule has 0 aromatic heterocycles. The summed E-state index contributed by atoms with van der Waals surface area (Å²) in [5, 5.41) is 0. The molecule has 0 radical (unpaired) electrons. The Morgan fingerprint density at radius 2 is 1.53 bits per heavy atom. The van der Waals surface area contributed by atoms with Crippen molar-refractivity contribution in [1.82, 2.24) is 0 Å². The van der Waals surface area contributed by atoms with Gasteiger partial charge in [-0.2, -0.15) is 0 Å². The van der Waals surface area contributed by atoms with Crippen LogP contribution >= 0.6 is 0 Å². The van der Waals surface area contributed by atoms with Crippen molar-refractivity contribution in [3.05, 3.63) is 94.3 Å². The number of hydrogen-bond acceptors (Lipinski definition) is 0. The zero-order valence-electron chi connectivity index (χ0n) is 18.9. The minimum Gasteiger partial charge on any atom is -0.207 e. The van der Waals surface area contributed by atoms with E-state index in [4.69, 9.17) is 0 Å². The Kier molecular flexibility index (Phi) is 7.03. The molecule has 0 saturated heterocycles. The predicted molar refractivity (Wildman–Crippen MR) is 125 cm³/mol. The average molecular weight is 437 g/mol. The average Bonchev–Trinajstić information content (AvgIpc) is 2.81. The zero-order valence-corrected chi connectivity index (χ0v) is 18.9. The van der Waals surface area contributed by atoms with Crippen molar-refractivity contribution in [2.75, 3.05) is 0 Å². The highest BCUT2D eigenvalue weighted by molar-refractivity contribution is 5.65. The van der Waals surface area contributed by atoms with Gasteiger partial charge in [-0.1, -0.05) is 61.0 Å². The lowest BCUT2D eigenvalue weighted by atomic mass is 9.76. The second kappa shape index (κ2) is 9.94. The molecule has 0 amide bonds. The standard InChI is InChI=1S/C29H31F3/c1-3-22-13-10-21(18-27(22)30)7-6-20-8-14-24(15-9-20)26-17-16-25(28(31)29(26)32)23-11-4-19(2)5-12-23/h4-5,10-13,16-18,20,24H,3,6-9,14-15H2,1-2H3. The topological polar surface area (TPSA) is 0 Å². The smallest absolute Gasteiger partial charge is 0.166 e. The highest BCUT2D eigenvalue weighted by atomic mass is 19.2. The van der Waals surface area contributed by atoms with E-state index in [9.17, 15) is 13.2 Å². The Balaban J connectivity index is 1.37. The quantitative estimate of drug-likeness (QED) is 0.363. The molecule has 0 aliphatic heterocycles.